The molecule has 0 bridgehead atoms. The van der Waals surface area contributed by atoms with Crippen molar-refractivity contribution in [2.24, 2.45) is 5.16 Å². The van der Waals surface area contributed by atoms with Gasteiger partial charge in [-0.25, -0.2) is 14.4 Å². The number of carbonyl (C=O) groups is 1. The minimum absolute atomic E-state index is 0.0171. The van der Waals surface area contributed by atoms with Crippen LogP contribution in [0.1, 0.15) is 64.5 Å². The van der Waals surface area contributed by atoms with Crippen LogP contribution in [0, 0.1) is 12.7 Å². The zero-order valence-electron chi connectivity index (χ0n) is 19.3. The van der Waals surface area contributed by atoms with Gasteiger partial charge in [0.1, 0.15) is 17.2 Å². The lowest BCUT2D eigenvalue weighted by Gasteiger charge is -2.11. The quantitative estimate of drug-likeness (QED) is 0.560. The summed E-state index contributed by atoms with van der Waals surface area (Å²) < 4.78 is 20.4. The number of ether oxygens (including phenoxy) is 1. The molecule has 3 heterocycles. The third-order valence-corrected chi connectivity index (χ3v) is 5.98. The van der Waals surface area contributed by atoms with E-state index in [-0.39, 0.29) is 35.7 Å². The van der Waals surface area contributed by atoms with E-state index in [2.05, 4.69) is 20.4 Å². The highest BCUT2D eigenvalue weighted by Gasteiger charge is 2.29. The number of rotatable bonds is 7. The van der Waals surface area contributed by atoms with Gasteiger partial charge in [-0.15, -0.1) is 0 Å². The third kappa shape index (κ3) is 4.91. The number of halogens is 1. The molecule has 2 aliphatic rings. The van der Waals surface area contributed by atoms with E-state index >= 15 is 0 Å². The highest BCUT2D eigenvalue weighted by molar-refractivity contribution is 6.02. The molecule has 1 aromatic carbocycles. The molecule has 0 saturated heterocycles. The number of nitrogens with one attached hydrogen (secondary N) is 1. The van der Waals surface area contributed by atoms with Gasteiger partial charge in [-0.1, -0.05) is 11.2 Å². The van der Waals surface area contributed by atoms with Gasteiger partial charge in [0.15, 0.2) is 17.7 Å². The molecule has 1 N–H and O–H groups in total. The molecule has 1 saturated carbocycles. The zero-order chi connectivity index (χ0) is 24.5. The van der Waals surface area contributed by atoms with E-state index in [1.165, 1.54) is 19.2 Å². The van der Waals surface area contributed by atoms with Gasteiger partial charge in [0.05, 0.1) is 12.8 Å². The number of amides is 1. The third-order valence-electron chi connectivity index (χ3n) is 5.98. The van der Waals surface area contributed by atoms with Gasteiger partial charge < -0.3 is 19.5 Å². The van der Waals surface area contributed by atoms with Gasteiger partial charge in [-0.3, -0.25) is 9.59 Å². The topological polar surface area (TPSA) is 108 Å². The van der Waals surface area contributed by atoms with E-state index in [4.69, 9.17) is 9.57 Å². The smallest absolute Gasteiger partial charge is 0.270 e. The summed E-state index contributed by atoms with van der Waals surface area (Å²) in [5, 5.41) is 6.98. The Morgan fingerprint density at radius 2 is 2.06 bits per heavy atom. The fourth-order valence-corrected chi connectivity index (χ4v) is 3.98. The predicted octanol–water partition coefficient (Wildman–Crippen LogP) is 3.23. The van der Waals surface area contributed by atoms with Crippen LogP contribution < -0.4 is 15.6 Å². The van der Waals surface area contributed by atoms with Crippen LogP contribution in [-0.4, -0.2) is 33.3 Å². The van der Waals surface area contributed by atoms with Crippen molar-refractivity contribution in [3.63, 3.8) is 0 Å². The lowest BCUT2D eigenvalue weighted by Crippen LogP contribution is -2.25. The first-order chi connectivity index (χ1) is 16.9. The Labute approximate surface area is 200 Å². The minimum atomic E-state index is -0.470. The molecule has 1 aliphatic carbocycles. The maximum atomic E-state index is 13.6. The molecular weight excluding hydrogens is 453 g/mol. The number of hydrogen-bond acceptors (Lipinski definition) is 7. The van der Waals surface area contributed by atoms with Gasteiger partial charge in [0, 0.05) is 36.8 Å². The first kappa shape index (κ1) is 22.7. The van der Waals surface area contributed by atoms with Crippen molar-refractivity contribution in [3.8, 4) is 5.75 Å². The van der Waals surface area contributed by atoms with Crippen molar-refractivity contribution >= 4 is 11.6 Å². The van der Waals surface area contributed by atoms with E-state index in [1.54, 1.807) is 35.8 Å². The van der Waals surface area contributed by atoms with Crippen molar-refractivity contribution in [1.82, 2.24) is 19.9 Å². The molecule has 1 atom stereocenters. The van der Waals surface area contributed by atoms with Crippen LogP contribution in [-0.2, 0) is 11.4 Å². The normalized spacial score (nSPS) is 17.0. The molecule has 0 spiro atoms. The second-order valence-electron chi connectivity index (χ2n) is 8.61. The Morgan fingerprint density at radius 3 is 2.83 bits per heavy atom. The fraction of sp³-hybridized carbons (Fsp3) is 0.320. The van der Waals surface area contributed by atoms with Crippen molar-refractivity contribution in [1.29, 1.82) is 0 Å². The van der Waals surface area contributed by atoms with Gasteiger partial charge in [-0.2, -0.15) is 0 Å². The minimum Gasteiger partial charge on any atom is -0.494 e. The summed E-state index contributed by atoms with van der Waals surface area (Å²) in [5.74, 6) is -0.335. The van der Waals surface area contributed by atoms with Crippen LogP contribution in [0.3, 0.4) is 0 Å². The fourth-order valence-electron chi connectivity index (χ4n) is 3.98. The van der Waals surface area contributed by atoms with E-state index in [0.29, 0.717) is 29.2 Å². The summed E-state index contributed by atoms with van der Waals surface area (Å²) in [5.41, 5.74) is 2.83. The Bertz CT molecular complexity index is 1380. The Kier molecular flexibility index (Phi) is 6.02. The van der Waals surface area contributed by atoms with Crippen molar-refractivity contribution < 1.29 is 18.8 Å². The van der Waals surface area contributed by atoms with Crippen molar-refractivity contribution in [2.45, 2.75) is 44.9 Å². The average molecular weight is 477 g/mol. The zero-order valence-corrected chi connectivity index (χ0v) is 19.3. The molecule has 2 aromatic heterocycles. The van der Waals surface area contributed by atoms with Gasteiger partial charge >= 0.3 is 0 Å². The predicted molar refractivity (Wildman–Crippen MR) is 125 cm³/mol. The van der Waals surface area contributed by atoms with Crippen LogP contribution >= 0.6 is 0 Å². The lowest BCUT2D eigenvalue weighted by molar-refractivity contribution is 0.0851. The molecule has 180 valence electrons. The molecule has 3 aromatic rings. The monoisotopic (exact) mass is 477 g/mol. The van der Waals surface area contributed by atoms with Gasteiger partial charge in [0.25, 0.3) is 11.5 Å². The molecule has 1 amide bonds. The Balaban J connectivity index is 1.28. The van der Waals surface area contributed by atoms with E-state index in [1.807, 2.05) is 6.20 Å². The number of methoxy groups -OCH3 is 1. The molecule has 0 radical (unpaired) electrons. The molecule has 1 aliphatic heterocycles. The standard InChI is InChI=1S/C25H24FN5O4/c1-14-28-19(10-21(29-14)25(33)27-12-15-3-7-18(26)23(9-15)34-2)20-11-22(35-30-20)16-4-8-24(32)31(13-16)17-5-6-17/h3-4,7-10,13,17,22H,5-6,11-12H2,1-2H3,(H,27,33)/t22-/m0/s1. The SMILES string of the molecule is COc1cc(CNC(=O)c2cc(C3=NO[C@H](c4ccc(=O)n(C5CC5)c4)C3)nc(C)n2)ccc1F. The molecule has 0 unspecified atom stereocenters. The molecule has 35 heavy (non-hydrogen) atoms. The van der Waals surface area contributed by atoms with Crippen LogP contribution in [0.25, 0.3) is 0 Å². The first-order valence-corrected chi connectivity index (χ1v) is 11.3. The van der Waals surface area contributed by atoms with Crippen LogP contribution in [0.15, 0.2) is 52.5 Å². The Hall–Kier alpha value is -4.08. The van der Waals surface area contributed by atoms with Crippen molar-refractivity contribution in [2.75, 3.05) is 7.11 Å². The number of carbonyl (C=O) groups excluding carboxylic acids is 1. The van der Waals surface area contributed by atoms with Crippen LogP contribution in [0.2, 0.25) is 0 Å². The molecule has 10 heteroatoms. The van der Waals surface area contributed by atoms with E-state index in [0.717, 1.165) is 18.4 Å². The van der Waals surface area contributed by atoms with E-state index in [9.17, 15) is 14.0 Å². The summed E-state index contributed by atoms with van der Waals surface area (Å²) >= 11 is 0. The molecule has 9 nitrogen and oxygen atoms in total. The van der Waals surface area contributed by atoms with E-state index < -0.39 is 11.7 Å². The number of hydrogen-bond donors (Lipinski definition) is 1. The number of aryl methyl sites for hydroxylation is 1. The summed E-state index contributed by atoms with van der Waals surface area (Å²) in [6.45, 7) is 1.88. The highest BCUT2D eigenvalue weighted by atomic mass is 19.1. The number of nitrogens with zero attached hydrogens (tertiary/aromatic N) is 4. The largest absolute Gasteiger partial charge is 0.494 e. The number of pyridine rings is 1. The van der Waals surface area contributed by atoms with Crippen molar-refractivity contribution in [3.05, 3.63) is 87.1 Å². The molecule has 1 fully saturated rings. The number of aromatic nitrogens is 3. The summed E-state index contributed by atoms with van der Waals surface area (Å²) in [7, 11) is 1.38. The average Bonchev–Trinajstić information content (AvgIpc) is 3.58. The second kappa shape index (κ2) is 9.28. The Morgan fingerprint density at radius 1 is 1.23 bits per heavy atom. The van der Waals surface area contributed by atoms with Crippen LogP contribution in [0.4, 0.5) is 4.39 Å². The maximum absolute atomic E-state index is 13.6. The molecular formula is C25H24FN5O4. The van der Waals surface area contributed by atoms with Gasteiger partial charge in [-0.05, 0) is 49.6 Å². The number of benzene rings is 1. The molecule has 5 rings (SSSR count). The summed E-state index contributed by atoms with van der Waals surface area (Å²) in [6, 6.07) is 9.56. The number of oxime groups is 1. The highest BCUT2D eigenvalue weighted by Crippen LogP contribution is 2.35. The van der Waals surface area contributed by atoms with Gasteiger partial charge in [0.2, 0.25) is 0 Å². The first-order valence-electron chi connectivity index (χ1n) is 11.3. The lowest BCUT2D eigenvalue weighted by atomic mass is 10.0. The summed E-state index contributed by atoms with van der Waals surface area (Å²) in [6.07, 6.45) is 3.98. The summed E-state index contributed by atoms with van der Waals surface area (Å²) in [4.78, 5) is 39.2. The second-order valence-corrected chi connectivity index (χ2v) is 8.61. The maximum Gasteiger partial charge on any atom is 0.270 e. The van der Waals surface area contributed by atoms with Crippen LogP contribution in [0.5, 0.6) is 5.75 Å².